The molecule has 1 aliphatic heterocycles. The smallest absolute Gasteiger partial charge is 0.282 e. The van der Waals surface area contributed by atoms with Gasteiger partial charge in [-0.25, -0.2) is 4.90 Å². The maximum Gasteiger partial charge on any atom is 0.282 e. The van der Waals surface area contributed by atoms with Crippen LogP contribution in [0, 0.1) is 20.8 Å². The van der Waals surface area contributed by atoms with Gasteiger partial charge in [-0.3, -0.25) is 9.59 Å². The molecule has 0 bridgehead atoms. The third-order valence-corrected chi connectivity index (χ3v) is 5.69. The number of amides is 2. The minimum absolute atomic E-state index is 0.263. The lowest BCUT2D eigenvalue weighted by atomic mass is 10.0. The molecule has 2 amide bonds. The average molecular weight is 417 g/mol. The number of benzene rings is 3. The number of aryl methyl sites for hydroxylation is 2. The van der Waals surface area contributed by atoms with Gasteiger partial charge >= 0.3 is 0 Å². The maximum absolute atomic E-state index is 13.5. The first-order valence-corrected chi connectivity index (χ1v) is 10.0. The van der Waals surface area contributed by atoms with E-state index in [1.807, 2.05) is 62.4 Å². The Balaban J connectivity index is 1.87. The van der Waals surface area contributed by atoms with Crippen LogP contribution in [0.5, 0.6) is 0 Å². The first kappa shape index (κ1) is 19.9. The Morgan fingerprint density at radius 2 is 1.57 bits per heavy atom. The summed E-state index contributed by atoms with van der Waals surface area (Å²) < 4.78 is 0. The van der Waals surface area contributed by atoms with Crippen molar-refractivity contribution in [1.29, 1.82) is 0 Å². The molecule has 5 heteroatoms. The van der Waals surface area contributed by atoms with Gasteiger partial charge in [0.1, 0.15) is 5.70 Å². The van der Waals surface area contributed by atoms with E-state index in [1.165, 1.54) is 4.90 Å². The standard InChI is InChI=1S/C25H21ClN2O2/c1-15-12-13-16(2)20(14-15)27-23-22(18-8-5-4-6-9-18)24(29)28(25(23)30)21-11-7-10-19(26)17(21)3/h4-14,27H,1-3H3. The molecule has 1 heterocycles. The molecule has 30 heavy (non-hydrogen) atoms. The van der Waals surface area contributed by atoms with Crippen molar-refractivity contribution in [1.82, 2.24) is 0 Å². The van der Waals surface area contributed by atoms with Crippen LogP contribution in [0.4, 0.5) is 11.4 Å². The van der Waals surface area contributed by atoms with Gasteiger partial charge in [-0.15, -0.1) is 0 Å². The van der Waals surface area contributed by atoms with Crippen LogP contribution in [0.3, 0.4) is 0 Å². The number of anilines is 2. The summed E-state index contributed by atoms with van der Waals surface area (Å²) in [4.78, 5) is 28.2. The van der Waals surface area contributed by atoms with Gasteiger partial charge in [0.05, 0.1) is 11.3 Å². The van der Waals surface area contributed by atoms with Crippen LogP contribution < -0.4 is 10.2 Å². The van der Waals surface area contributed by atoms with Crippen LogP contribution in [-0.2, 0) is 9.59 Å². The second-order valence-corrected chi connectivity index (χ2v) is 7.80. The van der Waals surface area contributed by atoms with Crippen LogP contribution in [0.15, 0.2) is 72.4 Å². The fourth-order valence-electron chi connectivity index (χ4n) is 3.58. The summed E-state index contributed by atoms with van der Waals surface area (Å²) in [6, 6.07) is 20.4. The summed E-state index contributed by atoms with van der Waals surface area (Å²) in [7, 11) is 0. The summed E-state index contributed by atoms with van der Waals surface area (Å²) in [6.07, 6.45) is 0. The van der Waals surface area contributed by atoms with E-state index in [2.05, 4.69) is 5.32 Å². The quantitative estimate of drug-likeness (QED) is 0.558. The van der Waals surface area contributed by atoms with Crippen molar-refractivity contribution in [3.63, 3.8) is 0 Å². The van der Waals surface area contributed by atoms with Crippen LogP contribution >= 0.6 is 11.6 Å². The molecular formula is C25H21ClN2O2. The molecule has 0 aromatic heterocycles. The summed E-state index contributed by atoms with van der Waals surface area (Å²) in [5.74, 6) is -0.769. The molecule has 3 aromatic rings. The minimum Gasteiger partial charge on any atom is -0.350 e. The molecule has 150 valence electrons. The Kier molecular flexibility index (Phi) is 5.18. The topological polar surface area (TPSA) is 49.4 Å². The van der Waals surface area contributed by atoms with Crippen LogP contribution in [0.25, 0.3) is 5.57 Å². The van der Waals surface area contributed by atoms with Crippen molar-refractivity contribution in [2.45, 2.75) is 20.8 Å². The number of rotatable bonds is 4. The lowest BCUT2D eigenvalue weighted by Crippen LogP contribution is -2.33. The Labute approximate surface area is 180 Å². The number of halogens is 1. The van der Waals surface area contributed by atoms with E-state index in [4.69, 9.17) is 11.6 Å². The molecule has 0 radical (unpaired) electrons. The maximum atomic E-state index is 13.5. The fraction of sp³-hybridized carbons (Fsp3) is 0.120. The third kappa shape index (κ3) is 3.40. The monoisotopic (exact) mass is 416 g/mol. The second-order valence-electron chi connectivity index (χ2n) is 7.39. The van der Waals surface area contributed by atoms with Crippen molar-refractivity contribution < 1.29 is 9.59 Å². The Bertz CT molecular complexity index is 1200. The molecule has 1 N–H and O–H groups in total. The fourth-order valence-corrected chi connectivity index (χ4v) is 3.75. The molecule has 0 unspecified atom stereocenters. The summed E-state index contributed by atoms with van der Waals surface area (Å²) in [5.41, 5.74) is 5.31. The first-order chi connectivity index (χ1) is 14.4. The largest absolute Gasteiger partial charge is 0.350 e. The second kappa shape index (κ2) is 7.81. The SMILES string of the molecule is Cc1ccc(C)c(NC2=C(c3ccccc3)C(=O)N(c3cccc(Cl)c3C)C2=O)c1. The van der Waals surface area contributed by atoms with Gasteiger partial charge in [-0.2, -0.15) is 0 Å². The van der Waals surface area contributed by atoms with Crippen molar-refractivity contribution in [3.05, 3.63) is 99.7 Å². The highest BCUT2D eigenvalue weighted by atomic mass is 35.5. The Hall–Kier alpha value is -3.37. The highest BCUT2D eigenvalue weighted by Gasteiger charge is 2.41. The van der Waals surface area contributed by atoms with E-state index in [0.717, 1.165) is 16.8 Å². The Morgan fingerprint density at radius 1 is 0.833 bits per heavy atom. The zero-order valence-corrected chi connectivity index (χ0v) is 17.7. The molecule has 4 rings (SSSR count). The molecule has 0 atom stereocenters. The predicted molar refractivity (Wildman–Crippen MR) is 122 cm³/mol. The normalized spacial score (nSPS) is 13.9. The number of carbonyl (C=O) groups is 2. The van der Waals surface area contributed by atoms with Crippen LogP contribution in [0.2, 0.25) is 5.02 Å². The lowest BCUT2D eigenvalue weighted by molar-refractivity contribution is -0.120. The van der Waals surface area contributed by atoms with Gasteiger partial charge < -0.3 is 5.32 Å². The van der Waals surface area contributed by atoms with Gasteiger partial charge in [0.2, 0.25) is 0 Å². The molecule has 0 saturated heterocycles. The van der Waals surface area contributed by atoms with Crippen molar-refractivity contribution in [2.24, 2.45) is 0 Å². The van der Waals surface area contributed by atoms with E-state index < -0.39 is 5.91 Å². The molecule has 4 nitrogen and oxygen atoms in total. The number of imide groups is 1. The van der Waals surface area contributed by atoms with Crippen LogP contribution in [0.1, 0.15) is 22.3 Å². The van der Waals surface area contributed by atoms with Gasteiger partial charge in [0.15, 0.2) is 0 Å². The lowest BCUT2D eigenvalue weighted by Gasteiger charge is -2.18. The van der Waals surface area contributed by atoms with Gasteiger partial charge in [0.25, 0.3) is 11.8 Å². The zero-order chi connectivity index (χ0) is 21.4. The Morgan fingerprint density at radius 3 is 2.30 bits per heavy atom. The third-order valence-electron chi connectivity index (χ3n) is 5.28. The first-order valence-electron chi connectivity index (χ1n) is 9.66. The van der Waals surface area contributed by atoms with E-state index >= 15 is 0 Å². The summed E-state index contributed by atoms with van der Waals surface area (Å²) in [6.45, 7) is 5.75. The zero-order valence-electron chi connectivity index (χ0n) is 17.0. The number of hydrogen-bond acceptors (Lipinski definition) is 3. The van der Waals surface area contributed by atoms with E-state index in [9.17, 15) is 9.59 Å². The van der Waals surface area contributed by atoms with Crippen molar-refractivity contribution in [2.75, 3.05) is 10.2 Å². The van der Waals surface area contributed by atoms with E-state index in [1.54, 1.807) is 25.1 Å². The summed E-state index contributed by atoms with van der Waals surface area (Å²) in [5, 5.41) is 3.75. The molecule has 3 aromatic carbocycles. The highest BCUT2D eigenvalue weighted by Crippen LogP contribution is 2.37. The van der Waals surface area contributed by atoms with Crippen LogP contribution in [-0.4, -0.2) is 11.8 Å². The highest BCUT2D eigenvalue weighted by molar-refractivity contribution is 6.46. The van der Waals surface area contributed by atoms with E-state index in [0.29, 0.717) is 27.4 Å². The number of nitrogens with zero attached hydrogens (tertiary/aromatic N) is 1. The van der Waals surface area contributed by atoms with Gasteiger partial charge in [0, 0.05) is 10.7 Å². The number of carbonyl (C=O) groups excluding carboxylic acids is 2. The molecule has 0 spiro atoms. The summed E-state index contributed by atoms with van der Waals surface area (Å²) >= 11 is 6.27. The average Bonchev–Trinajstić information content (AvgIpc) is 2.97. The predicted octanol–water partition coefficient (Wildman–Crippen LogP) is 5.66. The van der Waals surface area contributed by atoms with Gasteiger partial charge in [-0.05, 0) is 61.2 Å². The molecule has 0 saturated carbocycles. The van der Waals surface area contributed by atoms with Crippen molar-refractivity contribution in [3.8, 4) is 0 Å². The molecular weight excluding hydrogens is 396 g/mol. The van der Waals surface area contributed by atoms with E-state index in [-0.39, 0.29) is 11.6 Å². The van der Waals surface area contributed by atoms with Crippen molar-refractivity contribution >= 4 is 40.4 Å². The number of nitrogens with one attached hydrogen (secondary N) is 1. The molecule has 1 aliphatic rings. The molecule has 0 aliphatic carbocycles. The van der Waals surface area contributed by atoms with Gasteiger partial charge in [-0.1, -0.05) is 60.1 Å². The number of hydrogen-bond donors (Lipinski definition) is 1. The molecule has 0 fully saturated rings. The minimum atomic E-state index is -0.398.